The summed E-state index contributed by atoms with van der Waals surface area (Å²) in [6.45, 7) is 7.38. The van der Waals surface area contributed by atoms with Crippen molar-refractivity contribution in [1.29, 1.82) is 0 Å². The van der Waals surface area contributed by atoms with E-state index in [4.69, 9.17) is 9.72 Å². The van der Waals surface area contributed by atoms with E-state index in [1.165, 1.54) is 10.5 Å². The van der Waals surface area contributed by atoms with Crippen LogP contribution in [0.3, 0.4) is 0 Å². The summed E-state index contributed by atoms with van der Waals surface area (Å²) in [5.41, 5.74) is 3.86. The number of thiophene rings is 1. The molecule has 0 atom stereocenters. The van der Waals surface area contributed by atoms with Gasteiger partial charge in [0.25, 0.3) is 5.91 Å². The first-order chi connectivity index (χ1) is 21.0. The van der Waals surface area contributed by atoms with Crippen LogP contribution in [0.1, 0.15) is 85.9 Å². The second-order valence-corrected chi connectivity index (χ2v) is 12.6. The molecule has 0 spiro atoms. The number of imidazole rings is 1. The van der Waals surface area contributed by atoms with Crippen molar-refractivity contribution in [2.24, 2.45) is 0 Å². The summed E-state index contributed by atoms with van der Waals surface area (Å²) in [5.74, 6) is 1.68. The minimum atomic E-state index is -0.256. The fourth-order valence-electron chi connectivity index (χ4n) is 6.23. The second kappa shape index (κ2) is 14.8. The van der Waals surface area contributed by atoms with Crippen molar-refractivity contribution in [2.45, 2.75) is 77.3 Å². The van der Waals surface area contributed by atoms with Gasteiger partial charge in [-0.05, 0) is 74.2 Å². The molecular weight excluding hydrogens is 558 g/mol. The molecule has 0 saturated carbocycles. The van der Waals surface area contributed by atoms with Crippen LogP contribution in [-0.2, 0) is 16.0 Å². The second-order valence-electron chi connectivity index (χ2n) is 11.6. The lowest BCUT2D eigenvalue weighted by molar-refractivity contribution is -0.121. The molecule has 9 heteroatoms. The Labute approximate surface area is 259 Å². The molecule has 2 aromatic heterocycles. The predicted molar refractivity (Wildman–Crippen MR) is 173 cm³/mol. The Bertz CT molecular complexity index is 1450. The lowest BCUT2D eigenvalue weighted by atomic mass is 9.99. The quantitative estimate of drug-likeness (QED) is 0.250. The molecule has 1 saturated heterocycles. The van der Waals surface area contributed by atoms with Gasteiger partial charge in [-0.3, -0.25) is 9.59 Å². The van der Waals surface area contributed by atoms with Crippen LogP contribution >= 0.6 is 11.3 Å². The first kappa shape index (κ1) is 31.0. The van der Waals surface area contributed by atoms with Crippen molar-refractivity contribution in [1.82, 2.24) is 25.1 Å². The fraction of sp³-hybridized carbons (Fsp3) is 0.500. The molecule has 0 radical (unpaired) electrons. The van der Waals surface area contributed by atoms with Gasteiger partial charge in [0.15, 0.2) is 0 Å². The first-order valence-corrected chi connectivity index (χ1v) is 16.6. The minimum Gasteiger partial charge on any atom is -0.501 e. The molecule has 1 aromatic carbocycles. The summed E-state index contributed by atoms with van der Waals surface area (Å²) in [4.78, 5) is 34.4. The van der Waals surface area contributed by atoms with E-state index < -0.39 is 0 Å². The third-order valence-electron chi connectivity index (χ3n) is 8.82. The number of piperidine rings is 1. The molecule has 1 fully saturated rings. The first-order valence-electron chi connectivity index (χ1n) is 15.7. The van der Waals surface area contributed by atoms with Gasteiger partial charge in [-0.2, -0.15) is 0 Å². The maximum atomic E-state index is 13.0. The highest BCUT2D eigenvalue weighted by molar-refractivity contribution is 7.09. The van der Waals surface area contributed by atoms with Gasteiger partial charge in [0.1, 0.15) is 5.82 Å². The van der Waals surface area contributed by atoms with E-state index in [9.17, 15) is 9.59 Å². The Balaban J connectivity index is 1.11. The fourth-order valence-corrected chi connectivity index (χ4v) is 6.93. The largest absolute Gasteiger partial charge is 0.501 e. The zero-order valence-corrected chi connectivity index (χ0v) is 26.5. The van der Waals surface area contributed by atoms with E-state index in [-0.39, 0.29) is 24.4 Å². The highest BCUT2D eigenvalue weighted by Gasteiger charge is 2.22. The number of likely N-dealkylation sites (tertiary alicyclic amines) is 1. The number of allylic oxidation sites excluding steroid dienone is 3. The number of rotatable bonds is 13. The maximum absolute atomic E-state index is 13.0. The number of benzene rings is 1. The molecule has 2 amide bonds. The highest BCUT2D eigenvalue weighted by atomic mass is 32.1. The number of methoxy groups -OCH3 is 1. The summed E-state index contributed by atoms with van der Waals surface area (Å²) in [7, 11) is 1.73. The molecular formula is C34H45N5O3S. The lowest BCUT2D eigenvalue weighted by Crippen LogP contribution is -2.47. The molecule has 43 heavy (non-hydrogen) atoms. The van der Waals surface area contributed by atoms with Crippen molar-refractivity contribution in [2.75, 3.05) is 33.3 Å². The van der Waals surface area contributed by atoms with E-state index in [2.05, 4.69) is 63.6 Å². The van der Waals surface area contributed by atoms with Gasteiger partial charge >= 0.3 is 0 Å². The number of carbonyl (C=O) groups is 2. The summed E-state index contributed by atoms with van der Waals surface area (Å²) in [6.07, 6.45) is 12.1. The zero-order chi connectivity index (χ0) is 30.2. The number of carbonyl (C=O) groups excluding carboxylic acids is 2. The summed E-state index contributed by atoms with van der Waals surface area (Å²) < 4.78 is 7.67. The summed E-state index contributed by atoms with van der Waals surface area (Å²) in [5, 5.41) is 8.03. The van der Waals surface area contributed by atoms with E-state index in [1.807, 2.05) is 18.2 Å². The Hall–Kier alpha value is -3.43. The van der Waals surface area contributed by atoms with Gasteiger partial charge < -0.3 is 24.8 Å². The molecule has 2 aliphatic rings. The average molecular weight is 604 g/mol. The van der Waals surface area contributed by atoms with Crippen molar-refractivity contribution in [3.8, 4) is 0 Å². The molecule has 2 N–H and O–H groups in total. The third kappa shape index (κ3) is 7.95. The van der Waals surface area contributed by atoms with Crippen molar-refractivity contribution < 1.29 is 14.3 Å². The van der Waals surface area contributed by atoms with E-state index >= 15 is 0 Å². The van der Waals surface area contributed by atoms with Crippen LogP contribution in [0.2, 0.25) is 0 Å². The van der Waals surface area contributed by atoms with Crippen molar-refractivity contribution in [3.63, 3.8) is 0 Å². The number of hydrogen-bond acceptors (Lipinski definition) is 6. The third-order valence-corrected chi connectivity index (χ3v) is 9.69. The van der Waals surface area contributed by atoms with Crippen LogP contribution in [0, 0.1) is 0 Å². The van der Waals surface area contributed by atoms with Crippen LogP contribution in [0.25, 0.3) is 11.0 Å². The number of ether oxygens (including phenoxy) is 1. The number of nitrogens with zero attached hydrogens (tertiary/aromatic N) is 3. The monoisotopic (exact) mass is 603 g/mol. The molecule has 0 unspecified atom stereocenters. The Morgan fingerprint density at radius 1 is 1.12 bits per heavy atom. The standard InChI is InChI=1S/C34H45N5O3S/c1-4-27(5-2)39-31-13-10-25(21-30(31)37-32(39)22-29-7-6-20-43-29)34(41)35-23-33(40)36-26-15-18-38(19-16-26)17-14-24-8-11-28(42-3)12-9-24/h6-8,10-11,13,20-21,26-27H,4-5,9,12,14-19,22-23H2,1-3H3,(H,35,41)(H,36,40). The maximum Gasteiger partial charge on any atom is 0.251 e. The molecule has 8 nitrogen and oxygen atoms in total. The zero-order valence-electron chi connectivity index (χ0n) is 25.7. The summed E-state index contributed by atoms with van der Waals surface area (Å²) >= 11 is 1.74. The number of aromatic nitrogens is 2. The van der Waals surface area contributed by atoms with Crippen LogP contribution < -0.4 is 10.6 Å². The predicted octanol–water partition coefficient (Wildman–Crippen LogP) is 6.00. The Morgan fingerprint density at radius 3 is 2.60 bits per heavy atom. The van der Waals surface area contributed by atoms with Gasteiger partial charge in [0.2, 0.25) is 5.91 Å². The Morgan fingerprint density at radius 2 is 1.93 bits per heavy atom. The van der Waals surface area contributed by atoms with Gasteiger partial charge in [-0.1, -0.05) is 31.6 Å². The van der Waals surface area contributed by atoms with E-state index in [0.29, 0.717) is 11.6 Å². The van der Waals surface area contributed by atoms with Crippen LogP contribution in [-0.4, -0.2) is 65.6 Å². The number of amides is 2. The molecule has 1 aliphatic carbocycles. The highest BCUT2D eigenvalue weighted by Crippen LogP contribution is 2.28. The number of nitrogens with one attached hydrogen (secondary N) is 2. The Kier molecular flexibility index (Phi) is 10.7. The van der Waals surface area contributed by atoms with Crippen molar-refractivity contribution >= 4 is 34.2 Å². The number of fused-ring (bicyclic) bond motifs is 1. The smallest absolute Gasteiger partial charge is 0.251 e. The molecule has 1 aliphatic heterocycles. The average Bonchev–Trinajstić information content (AvgIpc) is 3.68. The van der Waals surface area contributed by atoms with Gasteiger partial charge in [0.05, 0.1) is 30.4 Å². The van der Waals surface area contributed by atoms with E-state index in [0.717, 1.165) is 93.6 Å². The number of hydrogen-bond donors (Lipinski definition) is 2. The SMILES string of the molecule is CCC(CC)n1c(Cc2cccs2)nc2cc(C(=O)NCC(=O)NC3CCN(CCC4=CC=C(OC)CC4)CC3)ccc21. The van der Waals surface area contributed by atoms with E-state index in [1.54, 1.807) is 18.4 Å². The minimum absolute atomic E-state index is 0.0337. The van der Waals surface area contributed by atoms with Gasteiger partial charge in [-0.25, -0.2) is 4.98 Å². The van der Waals surface area contributed by atoms with Crippen LogP contribution in [0.15, 0.2) is 59.2 Å². The molecule has 0 bridgehead atoms. The summed E-state index contributed by atoms with van der Waals surface area (Å²) in [6, 6.07) is 10.4. The van der Waals surface area contributed by atoms with Gasteiger partial charge in [-0.15, -0.1) is 11.3 Å². The molecule has 3 heterocycles. The topological polar surface area (TPSA) is 88.5 Å². The molecule has 230 valence electrons. The lowest BCUT2D eigenvalue weighted by Gasteiger charge is -2.32. The molecule has 3 aromatic rings. The normalized spacial score (nSPS) is 16.3. The van der Waals surface area contributed by atoms with Crippen molar-refractivity contribution in [3.05, 3.63) is 75.5 Å². The van der Waals surface area contributed by atoms with Crippen LogP contribution in [0.4, 0.5) is 0 Å². The van der Waals surface area contributed by atoms with Crippen LogP contribution in [0.5, 0.6) is 0 Å². The molecule has 5 rings (SSSR count). The van der Waals surface area contributed by atoms with Gasteiger partial charge in [0, 0.05) is 55.0 Å².